The third kappa shape index (κ3) is 3.70. The summed E-state index contributed by atoms with van der Waals surface area (Å²) in [5.41, 5.74) is 6.54. The average Bonchev–Trinajstić information content (AvgIpc) is 2.80. The van der Waals surface area contributed by atoms with E-state index >= 15 is 0 Å². The van der Waals surface area contributed by atoms with Crippen LogP contribution in [0.3, 0.4) is 0 Å². The minimum absolute atomic E-state index is 0. The van der Waals surface area contributed by atoms with Crippen LogP contribution in [0.15, 0.2) is 28.7 Å². The van der Waals surface area contributed by atoms with Gasteiger partial charge >= 0.3 is 0 Å². The van der Waals surface area contributed by atoms with Crippen LogP contribution in [0.4, 0.5) is 5.69 Å². The molecule has 0 radical (unpaired) electrons. The Morgan fingerprint density at radius 2 is 2.00 bits per heavy atom. The minimum atomic E-state index is 0. The molecule has 0 heterocycles. The highest BCUT2D eigenvalue weighted by atomic mass is 79.9. The summed E-state index contributed by atoms with van der Waals surface area (Å²) in [6, 6.07) is 7.64. The van der Waals surface area contributed by atoms with Crippen LogP contribution >= 0.6 is 28.3 Å². The molecular weight excluding hydrogens is 316 g/mol. The average molecular weight is 334 g/mol. The molecule has 1 fully saturated rings. The summed E-state index contributed by atoms with van der Waals surface area (Å²) in [5, 5.41) is 2.96. The molecule has 1 aliphatic rings. The van der Waals surface area contributed by atoms with Crippen LogP contribution in [0.25, 0.3) is 0 Å². The van der Waals surface area contributed by atoms with E-state index in [1.165, 1.54) is 0 Å². The first kappa shape index (κ1) is 15.5. The second kappa shape index (κ2) is 7.12. The molecule has 2 atom stereocenters. The number of nitrogens with two attached hydrogens (primary N) is 1. The third-order valence-corrected chi connectivity index (χ3v) is 3.94. The van der Waals surface area contributed by atoms with E-state index in [1.54, 1.807) is 0 Å². The van der Waals surface area contributed by atoms with E-state index in [4.69, 9.17) is 5.73 Å². The molecule has 0 unspecified atom stereocenters. The Morgan fingerprint density at radius 3 is 2.61 bits per heavy atom. The van der Waals surface area contributed by atoms with E-state index < -0.39 is 0 Å². The Kier molecular flexibility index (Phi) is 6.12. The normalized spacial score (nSPS) is 22.3. The van der Waals surface area contributed by atoms with Crippen molar-refractivity contribution in [3.05, 3.63) is 28.7 Å². The zero-order valence-corrected chi connectivity index (χ0v) is 12.5. The van der Waals surface area contributed by atoms with E-state index in [0.29, 0.717) is 12.5 Å². The molecule has 1 amide bonds. The fourth-order valence-electron chi connectivity index (χ4n) is 2.43. The maximum atomic E-state index is 12.1. The predicted octanol–water partition coefficient (Wildman–Crippen LogP) is 3.18. The van der Waals surface area contributed by atoms with E-state index in [1.807, 2.05) is 24.3 Å². The van der Waals surface area contributed by atoms with Gasteiger partial charge in [0.1, 0.15) is 0 Å². The number of nitrogens with one attached hydrogen (secondary N) is 1. The number of carbonyl (C=O) groups excluding carboxylic acids is 1. The Hall–Kier alpha value is -0.580. The SMILES string of the molecule is Cl.NC[C@H]1CCC[C@H]1C(=O)Nc1ccc(Br)cc1. The van der Waals surface area contributed by atoms with Gasteiger partial charge in [-0.25, -0.2) is 0 Å². The Labute approximate surface area is 122 Å². The topological polar surface area (TPSA) is 55.1 Å². The molecular formula is C13H18BrClN2O. The lowest BCUT2D eigenvalue weighted by atomic mass is 9.95. The van der Waals surface area contributed by atoms with Crippen LogP contribution in [-0.2, 0) is 4.79 Å². The zero-order valence-electron chi connectivity index (χ0n) is 10.1. The monoisotopic (exact) mass is 332 g/mol. The largest absolute Gasteiger partial charge is 0.330 e. The van der Waals surface area contributed by atoms with Gasteiger partial charge in [-0.2, -0.15) is 0 Å². The van der Waals surface area contributed by atoms with Gasteiger partial charge in [0.25, 0.3) is 0 Å². The molecule has 3 N–H and O–H groups in total. The number of hydrogen-bond donors (Lipinski definition) is 2. The van der Waals surface area contributed by atoms with E-state index in [-0.39, 0.29) is 24.2 Å². The summed E-state index contributed by atoms with van der Waals surface area (Å²) in [6.07, 6.45) is 3.15. The number of anilines is 1. The predicted molar refractivity (Wildman–Crippen MR) is 79.9 cm³/mol. The molecule has 2 rings (SSSR count). The van der Waals surface area contributed by atoms with Gasteiger partial charge in [-0.15, -0.1) is 12.4 Å². The lowest BCUT2D eigenvalue weighted by Crippen LogP contribution is -2.29. The fourth-order valence-corrected chi connectivity index (χ4v) is 2.70. The fraction of sp³-hybridized carbons (Fsp3) is 0.462. The molecule has 1 aliphatic carbocycles. The quantitative estimate of drug-likeness (QED) is 0.892. The van der Waals surface area contributed by atoms with Gasteiger partial charge in [0, 0.05) is 16.1 Å². The number of hydrogen-bond acceptors (Lipinski definition) is 2. The molecule has 1 aromatic rings. The van der Waals surface area contributed by atoms with Crippen LogP contribution in [0.1, 0.15) is 19.3 Å². The second-order valence-corrected chi connectivity index (χ2v) is 5.44. The lowest BCUT2D eigenvalue weighted by Gasteiger charge is -2.17. The molecule has 1 aromatic carbocycles. The van der Waals surface area contributed by atoms with Crippen molar-refractivity contribution in [1.82, 2.24) is 0 Å². The Morgan fingerprint density at radius 1 is 1.33 bits per heavy atom. The summed E-state index contributed by atoms with van der Waals surface area (Å²) in [7, 11) is 0. The maximum absolute atomic E-state index is 12.1. The molecule has 0 aliphatic heterocycles. The molecule has 0 spiro atoms. The first-order chi connectivity index (χ1) is 8.20. The lowest BCUT2D eigenvalue weighted by molar-refractivity contribution is -0.120. The van der Waals surface area contributed by atoms with Crippen LogP contribution in [0.2, 0.25) is 0 Å². The van der Waals surface area contributed by atoms with Gasteiger partial charge in [0.05, 0.1) is 0 Å². The standard InChI is InChI=1S/C13H17BrN2O.ClH/c14-10-4-6-11(7-5-10)16-13(17)12-3-1-2-9(12)8-15;/h4-7,9,12H,1-3,8,15H2,(H,16,17);1H/t9-,12-;/m1./s1. The summed E-state index contributed by atoms with van der Waals surface area (Å²) in [6.45, 7) is 0.610. The summed E-state index contributed by atoms with van der Waals surface area (Å²) >= 11 is 3.37. The van der Waals surface area contributed by atoms with Crippen LogP contribution in [0, 0.1) is 11.8 Å². The number of carbonyl (C=O) groups is 1. The number of benzene rings is 1. The molecule has 3 nitrogen and oxygen atoms in total. The van der Waals surface area contributed by atoms with Gasteiger partial charge in [0.15, 0.2) is 0 Å². The van der Waals surface area contributed by atoms with E-state index in [0.717, 1.165) is 29.4 Å². The first-order valence-electron chi connectivity index (χ1n) is 5.97. The van der Waals surface area contributed by atoms with E-state index in [9.17, 15) is 4.79 Å². The van der Waals surface area contributed by atoms with Crippen molar-refractivity contribution in [2.75, 3.05) is 11.9 Å². The van der Waals surface area contributed by atoms with Gasteiger partial charge in [-0.1, -0.05) is 22.4 Å². The highest BCUT2D eigenvalue weighted by molar-refractivity contribution is 9.10. The maximum Gasteiger partial charge on any atom is 0.227 e. The number of amides is 1. The van der Waals surface area contributed by atoms with Gasteiger partial charge in [-0.05, 0) is 49.6 Å². The molecule has 0 aromatic heterocycles. The molecule has 18 heavy (non-hydrogen) atoms. The van der Waals surface area contributed by atoms with Gasteiger partial charge < -0.3 is 11.1 Å². The Balaban J connectivity index is 0.00000162. The van der Waals surface area contributed by atoms with Crippen molar-refractivity contribution in [1.29, 1.82) is 0 Å². The minimum Gasteiger partial charge on any atom is -0.330 e. The Bertz CT molecular complexity index is 396. The van der Waals surface area contributed by atoms with Crippen molar-refractivity contribution in [3.8, 4) is 0 Å². The van der Waals surface area contributed by atoms with Crippen molar-refractivity contribution in [3.63, 3.8) is 0 Å². The highest BCUT2D eigenvalue weighted by Gasteiger charge is 2.31. The van der Waals surface area contributed by atoms with E-state index in [2.05, 4.69) is 21.2 Å². The van der Waals surface area contributed by atoms with Crippen molar-refractivity contribution >= 4 is 39.9 Å². The molecule has 1 saturated carbocycles. The second-order valence-electron chi connectivity index (χ2n) is 4.53. The van der Waals surface area contributed by atoms with Crippen LogP contribution in [-0.4, -0.2) is 12.5 Å². The first-order valence-corrected chi connectivity index (χ1v) is 6.76. The number of halogens is 2. The summed E-state index contributed by atoms with van der Waals surface area (Å²) in [5.74, 6) is 0.550. The van der Waals surface area contributed by atoms with Gasteiger partial charge in [0.2, 0.25) is 5.91 Å². The van der Waals surface area contributed by atoms with Gasteiger partial charge in [-0.3, -0.25) is 4.79 Å². The molecule has 0 bridgehead atoms. The van der Waals surface area contributed by atoms with Crippen molar-refractivity contribution in [2.45, 2.75) is 19.3 Å². The zero-order chi connectivity index (χ0) is 12.3. The molecule has 0 saturated heterocycles. The van der Waals surface area contributed by atoms with Crippen molar-refractivity contribution in [2.24, 2.45) is 17.6 Å². The number of rotatable bonds is 3. The van der Waals surface area contributed by atoms with Crippen molar-refractivity contribution < 1.29 is 4.79 Å². The van der Waals surface area contributed by atoms with Crippen LogP contribution < -0.4 is 11.1 Å². The molecule has 100 valence electrons. The third-order valence-electron chi connectivity index (χ3n) is 3.41. The highest BCUT2D eigenvalue weighted by Crippen LogP contribution is 2.31. The smallest absolute Gasteiger partial charge is 0.227 e. The van der Waals surface area contributed by atoms with Crippen LogP contribution in [0.5, 0.6) is 0 Å². The summed E-state index contributed by atoms with van der Waals surface area (Å²) in [4.78, 5) is 12.1. The summed E-state index contributed by atoms with van der Waals surface area (Å²) < 4.78 is 1.01. The molecule has 5 heteroatoms.